The van der Waals surface area contributed by atoms with E-state index in [-0.39, 0.29) is 5.60 Å². The molecule has 2 rings (SSSR count). The van der Waals surface area contributed by atoms with Crippen molar-refractivity contribution in [3.05, 3.63) is 0 Å². The van der Waals surface area contributed by atoms with Crippen molar-refractivity contribution < 1.29 is 4.74 Å². The Labute approximate surface area is 231 Å². The van der Waals surface area contributed by atoms with Gasteiger partial charge >= 0.3 is 0 Å². The Kier molecular flexibility index (Phi) is 16.0. The van der Waals surface area contributed by atoms with E-state index < -0.39 is 0 Å². The second-order valence-corrected chi connectivity index (χ2v) is 14.2. The highest BCUT2D eigenvalue weighted by Gasteiger charge is 2.49. The number of ether oxygens (including phenoxy) is 1. The van der Waals surface area contributed by atoms with Crippen LogP contribution in [0.15, 0.2) is 0 Å². The van der Waals surface area contributed by atoms with E-state index in [1.165, 1.54) is 141 Å². The molecule has 2 aliphatic heterocycles. The van der Waals surface area contributed by atoms with Crippen molar-refractivity contribution in [3.63, 3.8) is 0 Å². The lowest BCUT2D eigenvalue weighted by Gasteiger charge is -2.41. The lowest BCUT2D eigenvalue weighted by atomic mass is 9.86. The summed E-state index contributed by atoms with van der Waals surface area (Å²) in [6.45, 7) is 17.0. The average molecular weight is 524 g/mol. The maximum atomic E-state index is 7.20. The summed E-state index contributed by atoms with van der Waals surface area (Å²) >= 11 is 2.24. The number of hydrogen-bond donors (Lipinski definition) is 0. The van der Waals surface area contributed by atoms with Crippen LogP contribution < -0.4 is 0 Å². The second kappa shape index (κ2) is 17.8. The zero-order valence-corrected chi connectivity index (χ0v) is 26.4. The minimum atomic E-state index is 0.0829. The molecule has 2 saturated heterocycles. The fourth-order valence-corrected chi connectivity index (χ4v) is 8.37. The molecule has 2 fully saturated rings. The number of nitrogens with zero attached hydrogens (tertiary/aromatic N) is 1. The molecule has 0 spiro atoms. The molecular weight excluding hydrogens is 458 g/mol. The highest BCUT2D eigenvalue weighted by Crippen LogP contribution is 2.45. The van der Waals surface area contributed by atoms with E-state index in [0.29, 0.717) is 11.6 Å². The summed E-state index contributed by atoms with van der Waals surface area (Å²) in [6.07, 6.45) is 26.2. The zero-order chi connectivity index (χ0) is 26.3. The van der Waals surface area contributed by atoms with Crippen LogP contribution in [0.25, 0.3) is 0 Å². The van der Waals surface area contributed by atoms with Crippen molar-refractivity contribution in [1.82, 2.24) is 4.90 Å². The number of likely N-dealkylation sites (tertiary alicyclic amines) is 1. The third-order valence-corrected chi connectivity index (χ3v) is 10.9. The second-order valence-electron chi connectivity index (χ2n) is 12.9. The fourth-order valence-electron chi connectivity index (χ4n) is 6.83. The zero-order valence-electron chi connectivity index (χ0n) is 25.6. The van der Waals surface area contributed by atoms with Gasteiger partial charge in [0.1, 0.15) is 0 Å². The SMILES string of the molecule is CCCCCCC(C)(CCCCCC)OC1CSC2CN(C(C)(CCCCC)CCCCCC)CC12. The highest BCUT2D eigenvalue weighted by atomic mass is 32.2. The molecule has 2 heterocycles. The van der Waals surface area contributed by atoms with Crippen molar-refractivity contribution in [2.45, 2.75) is 186 Å². The van der Waals surface area contributed by atoms with Crippen LogP contribution in [0.2, 0.25) is 0 Å². The van der Waals surface area contributed by atoms with Crippen LogP contribution in [-0.4, -0.2) is 46.2 Å². The number of unbranched alkanes of at least 4 members (excludes halogenated alkanes) is 11. The third kappa shape index (κ3) is 10.8. The Balaban J connectivity index is 2.00. The van der Waals surface area contributed by atoms with Crippen molar-refractivity contribution >= 4 is 11.8 Å². The number of fused-ring (bicyclic) bond motifs is 1. The molecule has 214 valence electrons. The molecule has 4 atom stereocenters. The molecule has 0 aromatic heterocycles. The molecule has 2 nitrogen and oxygen atoms in total. The molecule has 3 heteroatoms. The molecule has 0 aliphatic carbocycles. The predicted molar refractivity (Wildman–Crippen MR) is 163 cm³/mol. The Morgan fingerprint density at radius 3 is 1.64 bits per heavy atom. The fraction of sp³-hybridized carbons (Fsp3) is 1.00. The van der Waals surface area contributed by atoms with Gasteiger partial charge in [0.2, 0.25) is 0 Å². The van der Waals surface area contributed by atoms with Gasteiger partial charge in [0.05, 0.1) is 11.7 Å². The molecule has 2 aliphatic rings. The van der Waals surface area contributed by atoms with Crippen LogP contribution >= 0.6 is 11.8 Å². The number of hydrogen-bond acceptors (Lipinski definition) is 3. The highest BCUT2D eigenvalue weighted by molar-refractivity contribution is 8.00. The first-order valence-corrected chi connectivity index (χ1v) is 17.5. The van der Waals surface area contributed by atoms with Crippen LogP contribution in [0.3, 0.4) is 0 Å². The molecule has 0 bridgehead atoms. The van der Waals surface area contributed by atoms with E-state index in [0.717, 1.165) is 11.2 Å². The first-order valence-electron chi connectivity index (χ1n) is 16.5. The van der Waals surface area contributed by atoms with Crippen LogP contribution in [0.1, 0.15) is 164 Å². The lowest BCUT2D eigenvalue weighted by Crippen LogP contribution is -2.46. The van der Waals surface area contributed by atoms with Gasteiger partial charge in [0.15, 0.2) is 0 Å². The van der Waals surface area contributed by atoms with Gasteiger partial charge in [-0.15, -0.1) is 0 Å². The van der Waals surface area contributed by atoms with E-state index in [9.17, 15) is 0 Å². The van der Waals surface area contributed by atoms with E-state index in [1.54, 1.807) is 0 Å². The number of rotatable bonds is 22. The van der Waals surface area contributed by atoms with E-state index in [1.807, 2.05) is 0 Å². The summed E-state index contributed by atoms with van der Waals surface area (Å²) in [7, 11) is 0. The summed E-state index contributed by atoms with van der Waals surface area (Å²) in [5.74, 6) is 1.97. The maximum absolute atomic E-state index is 7.20. The summed E-state index contributed by atoms with van der Waals surface area (Å²) in [6, 6.07) is 0. The van der Waals surface area contributed by atoms with Gasteiger partial charge < -0.3 is 4.74 Å². The summed E-state index contributed by atoms with van der Waals surface area (Å²) in [5.41, 5.74) is 0.474. The topological polar surface area (TPSA) is 12.5 Å². The molecule has 0 aromatic carbocycles. The van der Waals surface area contributed by atoms with Crippen LogP contribution in [0.4, 0.5) is 0 Å². The van der Waals surface area contributed by atoms with E-state index in [4.69, 9.17) is 4.74 Å². The van der Waals surface area contributed by atoms with E-state index >= 15 is 0 Å². The maximum Gasteiger partial charge on any atom is 0.0724 e. The standard InChI is InChI=1S/C33H65NOS/c1-7-11-15-19-23-32(5,22-18-14-10-4)34-26-29-30(28-36-31(29)27-34)35-33(6,24-20-16-12-8-2)25-21-17-13-9-3/h29-31H,7-28H2,1-6H3. The largest absolute Gasteiger partial charge is 0.371 e. The Bertz CT molecular complexity index is 542. The average Bonchev–Trinajstić information content (AvgIpc) is 3.45. The van der Waals surface area contributed by atoms with Gasteiger partial charge in [-0.2, -0.15) is 11.8 Å². The van der Waals surface area contributed by atoms with Gasteiger partial charge in [-0.25, -0.2) is 0 Å². The quantitative estimate of drug-likeness (QED) is 0.131. The van der Waals surface area contributed by atoms with Crippen LogP contribution in [0.5, 0.6) is 0 Å². The molecule has 0 saturated carbocycles. The summed E-state index contributed by atoms with van der Waals surface area (Å²) in [4.78, 5) is 2.94. The molecular formula is C33H65NOS. The van der Waals surface area contributed by atoms with Gasteiger partial charge in [0, 0.05) is 35.5 Å². The van der Waals surface area contributed by atoms with Crippen molar-refractivity contribution in [2.75, 3.05) is 18.8 Å². The molecule has 0 aromatic rings. The molecule has 36 heavy (non-hydrogen) atoms. The first-order chi connectivity index (χ1) is 17.4. The van der Waals surface area contributed by atoms with Crippen LogP contribution in [0, 0.1) is 5.92 Å². The van der Waals surface area contributed by atoms with Gasteiger partial charge in [-0.1, -0.05) is 124 Å². The predicted octanol–water partition coefficient (Wildman–Crippen LogP) is 10.4. The summed E-state index contributed by atoms with van der Waals surface area (Å²) in [5, 5.41) is 0.792. The minimum Gasteiger partial charge on any atom is -0.371 e. The van der Waals surface area contributed by atoms with Gasteiger partial charge in [-0.3, -0.25) is 4.90 Å². The lowest BCUT2D eigenvalue weighted by molar-refractivity contribution is -0.102. The van der Waals surface area contributed by atoms with Crippen molar-refractivity contribution in [1.29, 1.82) is 0 Å². The van der Waals surface area contributed by atoms with Gasteiger partial charge in [0.25, 0.3) is 0 Å². The smallest absolute Gasteiger partial charge is 0.0724 e. The molecule has 0 N–H and O–H groups in total. The summed E-state index contributed by atoms with van der Waals surface area (Å²) < 4.78 is 7.20. The minimum absolute atomic E-state index is 0.0829. The molecule has 0 amide bonds. The normalized spacial score (nSPS) is 24.3. The Morgan fingerprint density at radius 1 is 0.639 bits per heavy atom. The third-order valence-electron chi connectivity index (χ3n) is 9.47. The monoisotopic (exact) mass is 523 g/mol. The molecule has 4 unspecified atom stereocenters. The first kappa shape index (κ1) is 32.5. The number of thioether (sulfide) groups is 1. The Morgan fingerprint density at radius 2 is 1.11 bits per heavy atom. The van der Waals surface area contributed by atoms with Crippen molar-refractivity contribution in [3.8, 4) is 0 Å². The van der Waals surface area contributed by atoms with Gasteiger partial charge in [-0.05, 0) is 39.5 Å². The molecule has 0 radical (unpaired) electrons. The van der Waals surface area contributed by atoms with Crippen LogP contribution in [-0.2, 0) is 4.74 Å². The Hall–Kier alpha value is 0.270. The van der Waals surface area contributed by atoms with Crippen molar-refractivity contribution in [2.24, 2.45) is 5.92 Å². The van der Waals surface area contributed by atoms with E-state index in [2.05, 4.69) is 58.2 Å².